The van der Waals surface area contributed by atoms with Crippen LogP contribution in [0.3, 0.4) is 0 Å². The molecule has 114 valence electrons. The Kier molecular flexibility index (Phi) is 6.99. The minimum absolute atomic E-state index is 0.187. The van der Waals surface area contributed by atoms with Crippen LogP contribution in [0, 0.1) is 10.1 Å². The van der Waals surface area contributed by atoms with Crippen LogP contribution in [-0.4, -0.2) is 29.1 Å². The Balaban J connectivity index is 2.49. The van der Waals surface area contributed by atoms with Gasteiger partial charge in [0, 0.05) is 12.4 Å². The van der Waals surface area contributed by atoms with E-state index in [0.717, 1.165) is 12.8 Å². The van der Waals surface area contributed by atoms with E-state index in [2.05, 4.69) is 0 Å². The van der Waals surface area contributed by atoms with Crippen molar-refractivity contribution in [1.29, 1.82) is 0 Å². The molecule has 0 amide bonds. The van der Waals surface area contributed by atoms with E-state index < -0.39 is 17.7 Å². The highest BCUT2D eigenvalue weighted by atomic mass is 35.7. The lowest BCUT2D eigenvalue weighted by Crippen LogP contribution is -2.15. The minimum Gasteiger partial charge on any atom is -0.403 e. The first-order valence-electron chi connectivity index (χ1n) is 5.81. The molecule has 10 heteroatoms. The summed E-state index contributed by atoms with van der Waals surface area (Å²) in [5, 5.41) is 10.4. The lowest BCUT2D eigenvalue weighted by molar-refractivity contribution is -0.402. The predicted octanol–water partition coefficient (Wildman–Crippen LogP) is 4.00. The second-order valence-electron chi connectivity index (χ2n) is 4.00. The lowest BCUT2D eigenvalue weighted by Gasteiger charge is -2.21. The quantitative estimate of drug-likeness (QED) is 0.221. The van der Waals surface area contributed by atoms with E-state index in [1.54, 1.807) is 7.05 Å². The average Bonchev–Trinajstić information content (AvgIpc) is 2.85. The van der Waals surface area contributed by atoms with Crippen molar-refractivity contribution in [3.8, 4) is 0 Å². The summed E-state index contributed by atoms with van der Waals surface area (Å²) in [5.74, 6) is 0.312. The summed E-state index contributed by atoms with van der Waals surface area (Å²) >= 11 is 11.4. The molecule has 1 heterocycles. The highest BCUT2D eigenvalue weighted by Crippen LogP contribution is 2.55. The van der Waals surface area contributed by atoms with Crippen molar-refractivity contribution in [2.75, 3.05) is 19.5 Å². The second-order valence-corrected chi connectivity index (χ2v) is 7.50. The summed E-state index contributed by atoms with van der Waals surface area (Å²) < 4.78 is 23.5. The van der Waals surface area contributed by atoms with Gasteiger partial charge in [0.05, 0.1) is 6.07 Å². The van der Waals surface area contributed by atoms with E-state index in [4.69, 9.17) is 31.8 Å². The molecular weight excluding hydrogens is 330 g/mol. The molecule has 0 N–H and O–H groups in total. The van der Waals surface area contributed by atoms with Crippen molar-refractivity contribution in [2.24, 2.45) is 0 Å². The van der Waals surface area contributed by atoms with E-state index in [1.807, 2.05) is 0 Å². The number of hydrogen-bond acceptors (Lipinski definition) is 5. The van der Waals surface area contributed by atoms with Gasteiger partial charge in [-0.25, -0.2) is 4.67 Å². The Hall–Kier alpha value is -0.590. The van der Waals surface area contributed by atoms with Crippen molar-refractivity contribution in [2.45, 2.75) is 19.4 Å². The molecule has 0 aliphatic carbocycles. The monoisotopic (exact) mass is 344 g/mol. The number of rotatable bonds is 9. The second kappa shape index (κ2) is 8.00. The molecule has 1 aromatic heterocycles. The van der Waals surface area contributed by atoms with E-state index in [9.17, 15) is 14.7 Å². The van der Waals surface area contributed by atoms with Crippen LogP contribution >= 0.6 is 29.7 Å². The maximum Gasteiger partial charge on any atom is 0.433 e. The Morgan fingerprint density at radius 2 is 2.20 bits per heavy atom. The number of nitro groups is 1. The van der Waals surface area contributed by atoms with Crippen LogP contribution in [0.2, 0.25) is 0 Å². The van der Waals surface area contributed by atoms with Crippen molar-refractivity contribution >= 4 is 35.6 Å². The predicted molar refractivity (Wildman–Crippen MR) is 76.2 cm³/mol. The average molecular weight is 345 g/mol. The Bertz CT molecular complexity index is 496. The van der Waals surface area contributed by atoms with Gasteiger partial charge in [-0.05, 0) is 37.2 Å². The number of alkyl halides is 1. The van der Waals surface area contributed by atoms with Gasteiger partial charge in [-0.15, -0.1) is 11.6 Å². The number of furan rings is 1. The fraction of sp³-hybridized carbons (Fsp3) is 0.600. The third-order valence-corrected chi connectivity index (χ3v) is 5.26. The zero-order valence-electron chi connectivity index (χ0n) is 10.8. The summed E-state index contributed by atoms with van der Waals surface area (Å²) in [5.41, 5.74) is 0. The number of hydrogen-bond donors (Lipinski definition) is 0. The van der Waals surface area contributed by atoms with Crippen LogP contribution < -0.4 is 0 Å². The molecule has 1 rings (SSSR count). The maximum absolute atomic E-state index is 12.1. The van der Waals surface area contributed by atoms with Gasteiger partial charge < -0.3 is 4.42 Å². The van der Waals surface area contributed by atoms with Gasteiger partial charge in [0.25, 0.3) is 0 Å². The highest BCUT2D eigenvalue weighted by Gasteiger charge is 2.26. The smallest absolute Gasteiger partial charge is 0.403 e. The molecule has 0 bridgehead atoms. The van der Waals surface area contributed by atoms with Crippen molar-refractivity contribution in [1.82, 2.24) is 4.67 Å². The maximum atomic E-state index is 12.1. The van der Waals surface area contributed by atoms with Gasteiger partial charge in [0.15, 0.2) is 0 Å². The third kappa shape index (κ3) is 5.42. The zero-order chi connectivity index (χ0) is 15.2. The van der Waals surface area contributed by atoms with Crippen LogP contribution in [0.4, 0.5) is 5.88 Å². The first kappa shape index (κ1) is 17.5. The molecule has 20 heavy (non-hydrogen) atoms. The van der Waals surface area contributed by atoms with Crippen LogP contribution in [-0.2, 0) is 15.7 Å². The Morgan fingerprint density at radius 1 is 1.50 bits per heavy atom. The van der Waals surface area contributed by atoms with Crippen LogP contribution in [0.1, 0.15) is 18.6 Å². The van der Waals surface area contributed by atoms with E-state index in [0.29, 0.717) is 12.4 Å². The van der Waals surface area contributed by atoms with Crippen molar-refractivity contribution < 1.29 is 18.4 Å². The molecule has 1 atom stereocenters. The van der Waals surface area contributed by atoms with Crippen molar-refractivity contribution in [3.05, 3.63) is 28.0 Å². The van der Waals surface area contributed by atoms with Gasteiger partial charge in [0.2, 0.25) is 0 Å². The molecule has 0 radical (unpaired) electrons. The minimum atomic E-state index is -3.47. The first-order chi connectivity index (χ1) is 9.36. The third-order valence-electron chi connectivity index (χ3n) is 2.47. The molecular formula is C10H15Cl2N2O5P. The summed E-state index contributed by atoms with van der Waals surface area (Å²) in [6, 6.07) is 2.57. The summed E-state index contributed by atoms with van der Waals surface area (Å²) in [6.07, 6.45) is 1.53. The fourth-order valence-electron chi connectivity index (χ4n) is 1.34. The van der Waals surface area contributed by atoms with E-state index >= 15 is 0 Å². The topological polar surface area (TPSA) is 85.8 Å². The van der Waals surface area contributed by atoms with Crippen LogP contribution in [0.25, 0.3) is 0 Å². The highest BCUT2D eigenvalue weighted by molar-refractivity contribution is 7.83. The SMILES string of the molecule is CN(CCCCCl)P(=O)(Cl)OCc1ccc([N+](=O)[O-])o1. The summed E-state index contributed by atoms with van der Waals surface area (Å²) in [6.45, 7) is -3.19. The number of nitrogens with zero attached hydrogens (tertiary/aromatic N) is 2. The zero-order valence-corrected chi connectivity index (χ0v) is 13.2. The van der Waals surface area contributed by atoms with Gasteiger partial charge >= 0.3 is 12.8 Å². The molecule has 0 aliphatic heterocycles. The normalized spacial score (nSPS) is 14.4. The Morgan fingerprint density at radius 3 is 2.75 bits per heavy atom. The summed E-state index contributed by atoms with van der Waals surface area (Å²) in [7, 11) is 1.58. The molecule has 0 aromatic carbocycles. The summed E-state index contributed by atoms with van der Waals surface area (Å²) in [4.78, 5) is 9.78. The first-order valence-corrected chi connectivity index (χ1v) is 8.83. The molecule has 0 fully saturated rings. The molecule has 0 spiro atoms. The molecule has 1 aromatic rings. The number of unbranched alkanes of at least 4 members (excludes halogenated alkanes) is 1. The Labute approximate surface area is 126 Å². The van der Waals surface area contributed by atoms with Crippen LogP contribution in [0.5, 0.6) is 0 Å². The molecule has 0 saturated heterocycles. The molecule has 0 aliphatic rings. The van der Waals surface area contributed by atoms with E-state index in [-0.39, 0.29) is 12.4 Å². The molecule has 0 saturated carbocycles. The fourth-order valence-corrected chi connectivity index (χ4v) is 2.76. The number of halogens is 2. The standard InChI is InChI=1S/C10H15Cl2N2O5P/c1-13(7-3-2-6-11)20(12,17)18-8-9-4-5-10(19-9)14(15)16/h4-5H,2-3,6-8H2,1H3. The molecule has 1 unspecified atom stereocenters. The molecule has 7 nitrogen and oxygen atoms in total. The van der Waals surface area contributed by atoms with Gasteiger partial charge in [-0.2, -0.15) is 0 Å². The van der Waals surface area contributed by atoms with Gasteiger partial charge in [-0.3, -0.25) is 19.2 Å². The van der Waals surface area contributed by atoms with E-state index in [1.165, 1.54) is 16.8 Å². The van der Waals surface area contributed by atoms with Gasteiger partial charge in [0.1, 0.15) is 17.3 Å². The lowest BCUT2D eigenvalue weighted by atomic mass is 10.3. The van der Waals surface area contributed by atoms with Gasteiger partial charge in [-0.1, -0.05) is 0 Å². The van der Waals surface area contributed by atoms with Crippen molar-refractivity contribution in [3.63, 3.8) is 0 Å². The van der Waals surface area contributed by atoms with Crippen LogP contribution in [0.15, 0.2) is 16.5 Å². The largest absolute Gasteiger partial charge is 0.433 e.